The van der Waals surface area contributed by atoms with E-state index in [1.54, 1.807) is 12.1 Å². The highest BCUT2D eigenvalue weighted by molar-refractivity contribution is 6.31. The van der Waals surface area contributed by atoms with Crippen LogP contribution in [-0.4, -0.2) is 17.1 Å². The molecule has 1 saturated carbocycles. The van der Waals surface area contributed by atoms with Crippen molar-refractivity contribution in [2.75, 3.05) is 5.32 Å². The smallest absolute Gasteiger partial charge is 0.337 e. The van der Waals surface area contributed by atoms with Crippen LogP contribution in [0, 0.1) is 0 Å². The molecule has 0 aliphatic heterocycles. The van der Waals surface area contributed by atoms with E-state index in [-0.39, 0.29) is 11.6 Å². The van der Waals surface area contributed by atoms with E-state index < -0.39 is 5.97 Å². The summed E-state index contributed by atoms with van der Waals surface area (Å²) in [5.74, 6) is -0.513. The van der Waals surface area contributed by atoms with Gasteiger partial charge in [-0.2, -0.15) is 0 Å². The summed E-state index contributed by atoms with van der Waals surface area (Å²) in [5.41, 5.74) is 2.14. The molecule has 0 aromatic heterocycles. The Labute approximate surface area is 122 Å². The molecule has 0 heterocycles. The molecular weight excluding hydrogens is 274 g/mol. The Balaban J connectivity index is 1.76. The van der Waals surface area contributed by atoms with Gasteiger partial charge in [-0.25, -0.2) is 4.79 Å². The van der Waals surface area contributed by atoms with Crippen LogP contribution in [0.15, 0.2) is 48.5 Å². The van der Waals surface area contributed by atoms with Gasteiger partial charge in [0.1, 0.15) is 0 Å². The van der Waals surface area contributed by atoms with Crippen molar-refractivity contribution in [2.24, 2.45) is 0 Å². The molecule has 1 aliphatic rings. The van der Waals surface area contributed by atoms with Crippen molar-refractivity contribution in [1.82, 2.24) is 0 Å². The molecule has 0 radical (unpaired) electrons. The number of anilines is 1. The maximum Gasteiger partial charge on any atom is 0.337 e. The Morgan fingerprint density at radius 2 is 1.95 bits per heavy atom. The summed E-state index contributed by atoms with van der Waals surface area (Å²) in [6, 6.07) is 15.4. The summed E-state index contributed by atoms with van der Waals surface area (Å²) >= 11 is 5.85. The first-order chi connectivity index (χ1) is 9.65. The zero-order chi connectivity index (χ0) is 14.1. The molecule has 2 N–H and O–H groups in total. The van der Waals surface area contributed by atoms with E-state index in [1.807, 2.05) is 18.2 Å². The van der Waals surface area contributed by atoms with E-state index in [4.69, 9.17) is 11.6 Å². The summed E-state index contributed by atoms with van der Waals surface area (Å²) in [7, 11) is 0. The quantitative estimate of drug-likeness (QED) is 0.893. The number of carbonyl (C=O) groups is 1. The van der Waals surface area contributed by atoms with Crippen LogP contribution in [0.2, 0.25) is 5.02 Å². The second-order valence-corrected chi connectivity index (χ2v) is 5.44. The first-order valence-corrected chi connectivity index (χ1v) is 6.87. The minimum Gasteiger partial charge on any atom is -0.478 e. The molecule has 3 nitrogen and oxygen atoms in total. The largest absolute Gasteiger partial charge is 0.478 e. The van der Waals surface area contributed by atoms with Crippen molar-refractivity contribution < 1.29 is 9.90 Å². The van der Waals surface area contributed by atoms with Crippen molar-refractivity contribution in [1.29, 1.82) is 0 Å². The van der Waals surface area contributed by atoms with Gasteiger partial charge < -0.3 is 10.4 Å². The Morgan fingerprint density at radius 3 is 2.65 bits per heavy atom. The number of aromatic carboxylic acids is 1. The third-order valence-corrected chi connectivity index (χ3v) is 3.81. The van der Waals surface area contributed by atoms with Gasteiger partial charge in [0, 0.05) is 22.7 Å². The third kappa shape index (κ3) is 2.63. The first-order valence-electron chi connectivity index (χ1n) is 6.49. The van der Waals surface area contributed by atoms with Crippen LogP contribution in [0.3, 0.4) is 0 Å². The fraction of sp³-hybridized carbons (Fsp3) is 0.188. The highest BCUT2D eigenvalue weighted by Gasteiger charge is 2.38. The van der Waals surface area contributed by atoms with Gasteiger partial charge in [0.15, 0.2) is 0 Å². The highest BCUT2D eigenvalue weighted by Crippen LogP contribution is 2.43. The van der Waals surface area contributed by atoms with Crippen LogP contribution in [0.5, 0.6) is 0 Å². The predicted octanol–water partition coefficient (Wildman–Crippen LogP) is 4.01. The van der Waals surface area contributed by atoms with Crippen LogP contribution < -0.4 is 5.32 Å². The van der Waals surface area contributed by atoms with E-state index in [0.717, 1.165) is 6.42 Å². The van der Waals surface area contributed by atoms with Crippen LogP contribution in [0.1, 0.15) is 28.3 Å². The average Bonchev–Trinajstić information content (AvgIpc) is 3.21. The number of nitrogens with one attached hydrogen (secondary N) is 1. The molecule has 2 aromatic carbocycles. The number of carboxylic acid groups (broad SMARTS) is 1. The Morgan fingerprint density at radius 1 is 1.20 bits per heavy atom. The summed E-state index contributed by atoms with van der Waals surface area (Å²) in [4.78, 5) is 11.2. The fourth-order valence-corrected chi connectivity index (χ4v) is 2.61. The van der Waals surface area contributed by atoms with Crippen molar-refractivity contribution in [3.63, 3.8) is 0 Å². The van der Waals surface area contributed by atoms with Gasteiger partial charge >= 0.3 is 5.97 Å². The van der Waals surface area contributed by atoms with E-state index >= 15 is 0 Å². The summed E-state index contributed by atoms with van der Waals surface area (Å²) in [6.45, 7) is 0. The topological polar surface area (TPSA) is 49.3 Å². The zero-order valence-electron chi connectivity index (χ0n) is 10.7. The van der Waals surface area contributed by atoms with E-state index in [0.29, 0.717) is 16.6 Å². The molecule has 2 atom stereocenters. The normalized spacial score (nSPS) is 20.4. The molecule has 1 fully saturated rings. The maximum absolute atomic E-state index is 11.2. The Bertz CT molecular complexity index is 642. The molecule has 0 bridgehead atoms. The number of hydrogen-bond acceptors (Lipinski definition) is 2. The van der Waals surface area contributed by atoms with Crippen LogP contribution in [0.25, 0.3) is 0 Å². The number of hydrogen-bond donors (Lipinski definition) is 2. The second kappa shape index (κ2) is 5.17. The first kappa shape index (κ1) is 13.0. The molecule has 0 spiro atoms. The molecular formula is C16H14ClNO2. The monoisotopic (exact) mass is 287 g/mol. The number of rotatable bonds is 4. The van der Waals surface area contributed by atoms with Gasteiger partial charge in [0.05, 0.1) is 5.56 Å². The highest BCUT2D eigenvalue weighted by atomic mass is 35.5. The minimum absolute atomic E-state index is 0.219. The maximum atomic E-state index is 11.2. The summed E-state index contributed by atoms with van der Waals surface area (Å²) < 4.78 is 0. The molecule has 2 aromatic rings. The molecule has 3 rings (SSSR count). The fourth-order valence-electron chi connectivity index (χ4n) is 2.44. The van der Waals surface area contributed by atoms with Gasteiger partial charge in [0.2, 0.25) is 0 Å². The third-order valence-electron chi connectivity index (χ3n) is 3.57. The van der Waals surface area contributed by atoms with E-state index in [2.05, 4.69) is 17.4 Å². The zero-order valence-corrected chi connectivity index (χ0v) is 11.5. The van der Waals surface area contributed by atoms with Gasteiger partial charge in [-0.3, -0.25) is 0 Å². The van der Waals surface area contributed by atoms with Crippen molar-refractivity contribution in [3.05, 3.63) is 64.7 Å². The number of carboxylic acids is 1. The lowest BCUT2D eigenvalue weighted by Gasteiger charge is -2.10. The second-order valence-electron chi connectivity index (χ2n) is 5.00. The van der Waals surface area contributed by atoms with E-state index in [1.165, 1.54) is 11.6 Å². The minimum atomic E-state index is -0.966. The molecule has 20 heavy (non-hydrogen) atoms. The lowest BCUT2D eigenvalue weighted by molar-refractivity contribution is 0.0698. The average molecular weight is 288 g/mol. The molecule has 0 amide bonds. The Kier molecular flexibility index (Phi) is 3.36. The number of benzene rings is 2. The van der Waals surface area contributed by atoms with E-state index in [9.17, 15) is 9.90 Å². The van der Waals surface area contributed by atoms with Crippen LogP contribution >= 0.6 is 11.6 Å². The van der Waals surface area contributed by atoms with Crippen molar-refractivity contribution >= 4 is 23.3 Å². The summed E-state index contributed by atoms with van der Waals surface area (Å²) in [6.07, 6.45) is 1.02. The lowest BCUT2D eigenvalue weighted by atomic mass is 10.1. The Hall–Kier alpha value is -2.00. The lowest BCUT2D eigenvalue weighted by Crippen LogP contribution is -2.09. The predicted molar refractivity (Wildman–Crippen MR) is 79.6 cm³/mol. The summed E-state index contributed by atoms with van der Waals surface area (Å²) in [5, 5.41) is 12.9. The van der Waals surface area contributed by atoms with Crippen molar-refractivity contribution in [3.8, 4) is 0 Å². The molecule has 2 unspecified atom stereocenters. The molecule has 102 valence electrons. The van der Waals surface area contributed by atoms with Gasteiger partial charge in [-0.15, -0.1) is 0 Å². The standard InChI is InChI=1S/C16H14ClNO2/c17-11-6-7-14(13(8-11)16(19)20)18-15-9-12(15)10-4-2-1-3-5-10/h1-8,12,15,18H,9H2,(H,19,20). The molecule has 1 aliphatic carbocycles. The number of halogens is 1. The van der Waals surface area contributed by atoms with Gasteiger partial charge in [-0.05, 0) is 30.2 Å². The van der Waals surface area contributed by atoms with Gasteiger partial charge in [0.25, 0.3) is 0 Å². The van der Waals surface area contributed by atoms with Crippen LogP contribution in [0.4, 0.5) is 5.69 Å². The molecule has 4 heteroatoms. The molecule has 0 saturated heterocycles. The SMILES string of the molecule is O=C(O)c1cc(Cl)ccc1NC1CC1c1ccccc1. The van der Waals surface area contributed by atoms with Gasteiger partial charge in [-0.1, -0.05) is 41.9 Å². The van der Waals surface area contributed by atoms with Crippen LogP contribution in [-0.2, 0) is 0 Å². The van der Waals surface area contributed by atoms with Crippen molar-refractivity contribution in [2.45, 2.75) is 18.4 Å².